The Morgan fingerprint density at radius 2 is 1.73 bits per heavy atom. The Bertz CT molecular complexity index is 589. The highest BCUT2D eigenvalue weighted by atomic mass is 79.9. The number of carbonyl (C=O) groups excluding carboxylic acids is 2. The molecule has 0 spiro atoms. The highest BCUT2D eigenvalue weighted by Crippen LogP contribution is 2.41. The molecule has 0 aliphatic carbocycles. The number of hydrogen-bond acceptors (Lipinski definition) is 5. The van der Waals surface area contributed by atoms with Gasteiger partial charge in [0, 0.05) is 26.9 Å². The molecule has 0 saturated carbocycles. The third kappa shape index (κ3) is 4.54. The number of hydrogen-bond donors (Lipinski definition) is 0. The maximum Gasteiger partial charge on any atom is 0.308 e. The topological polar surface area (TPSA) is 55.8 Å². The van der Waals surface area contributed by atoms with Crippen LogP contribution in [0.15, 0.2) is 10.5 Å². The van der Waals surface area contributed by atoms with Crippen molar-refractivity contribution >= 4 is 44.9 Å². The van der Waals surface area contributed by atoms with Crippen LogP contribution in [0, 0.1) is 0 Å². The number of nitrogens with zero attached hydrogens (tertiary/aromatic N) is 1. The van der Waals surface area contributed by atoms with E-state index in [4.69, 9.17) is 9.47 Å². The van der Waals surface area contributed by atoms with Crippen molar-refractivity contribution in [3.8, 4) is 11.5 Å². The van der Waals surface area contributed by atoms with Crippen molar-refractivity contribution in [2.75, 3.05) is 20.1 Å². The van der Waals surface area contributed by atoms with E-state index in [-0.39, 0.29) is 28.5 Å². The molecule has 0 amide bonds. The summed E-state index contributed by atoms with van der Waals surface area (Å²) >= 11 is 3.50. The summed E-state index contributed by atoms with van der Waals surface area (Å²) in [6.45, 7) is 4.51. The maximum atomic E-state index is 11.3. The average Bonchev–Trinajstić information content (AvgIpc) is 2.56. The third-order valence-corrected chi connectivity index (χ3v) is 4.23. The molecule has 5 nitrogen and oxygen atoms in total. The van der Waals surface area contributed by atoms with E-state index in [1.807, 2.05) is 0 Å². The number of fused-ring (bicyclic) bond motifs is 1. The van der Waals surface area contributed by atoms with Gasteiger partial charge < -0.3 is 14.4 Å². The second kappa shape index (κ2) is 8.08. The fraction of sp³-hybridized carbons (Fsp3) is 0.467. The molecule has 0 saturated heterocycles. The van der Waals surface area contributed by atoms with Crippen LogP contribution in [0.4, 0.5) is 0 Å². The first-order chi connectivity index (χ1) is 9.88. The number of rotatable bonds is 2. The molecular formula is C15H19Br2NO4. The molecule has 0 bridgehead atoms. The summed E-state index contributed by atoms with van der Waals surface area (Å²) in [5, 5.41) is 0. The van der Waals surface area contributed by atoms with Crippen LogP contribution in [0.3, 0.4) is 0 Å². The second-order valence-corrected chi connectivity index (χ2v) is 5.94. The SMILES string of the molecule is Br.CC(=O)Oc1cc2c(c(Br)c1OC(C)=O)CCN(C)CC2. The molecule has 1 aromatic carbocycles. The van der Waals surface area contributed by atoms with Crippen molar-refractivity contribution < 1.29 is 19.1 Å². The lowest BCUT2D eigenvalue weighted by atomic mass is 10.0. The first-order valence-electron chi connectivity index (χ1n) is 6.78. The molecule has 122 valence electrons. The standard InChI is InChI=1S/C15H18BrNO4.BrH/c1-9(18)20-13-8-11-4-6-17(3)7-5-12(11)14(16)15(13)21-10(2)19;/h8H,4-7H2,1-3H3;1H. The number of ether oxygens (including phenoxy) is 2. The fourth-order valence-electron chi connectivity index (χ4n) is 2.39. The predicted octanol–water partition coefficient (Wildman–Crippen LogP) is 2.91. The minimum atomic E-state index is -0.449. The minimum Gasteiger partial charge on any atom is -0.423 e. The number of benzene rings is 1. The summed E-state index contributed by atoms with van der Waals surface area (Å²) in [6, 6.07) is 1.80. The van der Waals surface area contributed by atoms with E-state index in [0.717, 1.165) is 37.1 Å². The molecule has 0 radical (unpaired) electrons. The zero-order valence-electron chi connectivity index (χ0n) is 12.8. The molecule has 1 aliphatic heterocycles. The second-order valence-electron chi connectivity index (χ2n) is 5.15. The summed E-state index contributed by atoms with van der Waals surface area (Å²) in [7, 11) is 2.07. The molecule has 2 rings (SSSR count). The van der Waals surface area contributed by atoms with E-state index < -0.39 is 11.9 Å². The van der Waals surface area contributed by atoms with Gasteiger partial charge in [0.25, 0.3) is 0 Å². The van der Waals surface area contributed by atoms with E-state index in [1.165, 1.54) is 13.8 Å². The Morgan fingerprint density at radius 1 is 1.14 bits per heavy atom. The Balaban J connectivity index is 0.00000242. The number of likely N-dealkylation sites (N-methyl/N-ethyl adjacent to an activating group) is 1. The highest BCUT2D eigenvalue weighted by molar-refractivity contribution is 9.10. The smallest absolute Gasteiger partial charge is 0.308 e. The van der Waals surface area contributed by atoms with Gasteiger partial charge >= 0.3 is 11.9 Å². The van der Waals surface area contributed by atoms with Gasteiger partial charge in [0.1, 0.15) is 0 Å². The van der Waals surface area contributed by atoms with Crippen molar-refractivity contribution in [2.45, 2.75) is 26.7 Å². The lowest BCUT2D eigenvalue weighted by Gasteiger charge is -2.16. The first-order valence-corrected chi connectivity index (χ1v) is 7.57. The van der Waals surface area contributed by atoms with Gasteiger partial charge in [-0.1, -0.05) is 0 Å². The van der Waals surface area contributed by atoms with Crippen LogP contribution in [0.2, 0.25) is 0 Å². The summed E-state index contributed by atoms with van der Waals surface area (Å²) in [4.78, 5) is 24.8. The molecule has 0 N–H and O–H groups in total. The quantitative estimate of drug-likeness (QED) is 0.527. The summed E-state index contributed by atoms with van der Waals surface area (Å²) < 4.78 is 11.1. The van der Waals surface area contributed by atoms with Crippen molar-refractivity contribution in [3.63, 3.8) is 0 Å². The van der Waals surface area contributed by atoms with Crippen LogP contribution < -0.4 is 9.47 Å². The monoisotopic (exact) mass is 435 g/mol. The highest BCUT2D eigenvalue weighted by Gasteiger charge is 2.23. The Hall–Kier alpha value is -0.920. The zero-order valence-corrected chi connectivity index (χ0v) is 16.1. The van der Waals surface area contributed by atoms with E-state index in [9.17, 15) is 9.59 Å². The average molecular weight is 437 g/mol. The molecule has 1 aliphatic rings. The largest absolute Gasteiger partial charge is 0.423 e. The van der Waals surface area contributed by atoms with Crippen LogP contribution in [0.25, 0.3) is 0 Å². The van der Waals surface area contributed by atoms with Gasteiger partial charge in [-0.15, -0.1) is 17.0 Å². The molecule has 0 aromatic heterocycles. The van der Waals surface area contributed by atoms with Crippen molar-refractivity contribution in [1.82, 2.24) is 4.90 Å². The summed E-state index contributed by atoms with van der Waals surface area (Å²) in [6.07, 6.45) is 1.71. The van der Waals surface area contributed by atoms with Crippen molar-refractivity contribution in [1.29, 1.82) is 0 Å². The molecule has 0 fully saturated rings. The van der Waals surface area contributed by atoms with E-state index in [1.54, 1.807) is 6.07 Å². The number of carbonyl (C=O) groups is 2. The van der Waals surface area contributed by atoms with Gasteiger partial charge in [-0.25, -0.2) is 0 Å². The maximum absolute atomic E-state index is 11.3. The Labute approximate surface area is 148 Å². The molecule has 0 atom stereocenters. The van der Waals surface area contributed by atoms with Crippen LogP contribution in [-0.2, 0) is 22.4 Å². The van der Waals surface area contributed by atoms with E-state index in [0.29, 0.717) is 4.47 Å². The van der Waals surface area contributed by atoms with Crippen molar-refractivity contribution in [2.24, 2.45) is 0 Å². The van der Waals surface area contributed by atoms with Gasteiger partial charge in [0.15, 0.2) is 11.5 Å². The van der Waals surface area contributed by atoms with Gasteiger partial charge in [0.05, 0.1) is 4.47 Å². The van der Waals surface area contributed by atoms with Gasteiger partial charge in [0.2, 0.25) is 0 Å². The Kier molecular flexibility index (Phi) is 7.02. The number of halogens is 2. The third-order valence-electron chi connectivity index (χ3n) is 3.39. The normalized spacial score (nSPS) is 14.4. The summed E-state index contributed by atoms with van der Waals surface area (Å²) in [5.74, 6) is -0.329. The molecule has 0 unspecified atom stereocenters. The first kappa shape index (κ1) is 19.1. The van der Waals surface area contributed by atoms with Gasteiger partial charge in [-0.3, -0.25) is 9.59 Å². The molecule has 1 heterocycles. The molecule has 1 aromatic rings. The van der Waals surface area contributed by atoms with E-state index in [2.05, 4.69) is 27.9 Å². The van der Waals surface area contributed by atoms with Crippen molar-refractivity contribution in [3.05, 3.63) is 21.7 Å². The predicted molar refractivity (Wildman–Crippen MR) is 92.0 cm³/mol. The molecule has 22 heavy (non-hydrogen) atoms. The Morgan fingerprint density at radius 3 is 2.32 bits per heavy atom. The zero-order chi connectivity index (χ0) is 15.6. The lowest BCUT2D eigenvalue weighted by Crippen LogP contribution is -2.20. The molecule has 7 heteroatoms. The van der Waals surface area contributed by atoms with Crippen LogP contribution in [0.5, 0.6) is 11.5 Å². The fourth-order valence-corrected chi connectivity index (χ4v) is 3.11. The molecular weight excluding hydrogens is 418 g/mol. The van der Waals surface area contributed by atoms with Crippen LogP contribution in [0.1, 0.15) is 25.0 Å². The number of esters is 2. The minimum absolute atomic E-state index is 0. The van der Waals surface area contributed by atoms with Crippen LogP contribution >= 0.6 is 32.9 Å². The van der Waals surface area contributed by atoms with Gasteiger partial charge in [-0.05, 0) is 53.0 Å². The van der Waals surface area contributed by atoms with E-state index >= 15 is 0 Å². The van der Waals surface area contributed by atoms with Gasteiger partial charge in [-0.2, -0.15) is 0 Å². The summed E-state index contributed by atoms with van der Waals surface area (Å²) in [5.41, 5.74) is 2.21. The van der Waals surface area contributed by atoms with Crippen LogP contribution in [-0.4, -0.2) is 37.0 Å². The lowest BCUT2D eigenvalue weighted by molar-refractivity contribution is -0.134.